The summed E-state index contributed by atoms with van der Waals surface area (Å²) in [6.07, 6.45) is -9.22. The van der Waals surface area contributed by atoms with Gasteiger partial charge in [-0.15, -0.1) is 0 Å². The predicted octanol–water partition coefficient (Wildman–Crippen LogP) is 5.02. The third-order valence-corrected chi connectivity index (χ3v) is 3.05. The molecular formula is C18H21F6N5O2. The van der Waals surface area contributed by atoms with Gasteiger partial charge in [0.2, 0.25) is 11.6 Å². The first-order valence-electron chi connectivity index (χ1n) is 8.97. The standard InChI is InChI=1S/C16H15F6N5O2.C2H6/c1-14(2,3)29-13(28)25-7-9-4-10(27-12(26-9)16(20,21)22)8-5-23-11(24-6-8)15(17,18)19;1-2/h4-6H,7H2,1-3H3,(H,25,28);1-2H3. The molecule has 0 radical (unpaired) electrons. The number of hydrogen-bond acceptors (Lipinski definition) is 6. The number of aromatic nitrogens is 4. The van der Waals surface area contributed by atoms with Gasteiger partial charge >= 0.3 is 18.4 Å². The maximum atomic E-state index is 13.1. The molecule has 0 aromatic carbocycles. The second-order valence-corrected chi connectivity index (χ2v) is 6.71. The largest absolute Gasteiger partial charge is 0.451 e. The van der Waals surface area contributed by atoms with Crippen molar-refractivity contribution in [2.45, 2.75) is 59.1 Å². The van der Waals surface area contributed by atoms with Crippen molar-refractivity contribution in [3.05, 3.63) is 35.8 Å². The molecule has 0 spiro atoms. The van der Waals surface area contributed by atoms with Crippen LogP contribution in [0, 0.1) is 0 Å². The Bertz CT molecular complexity index is 877. The third kappa shape index (κ3) is 8.34. The van der Waals surface area contributed by atoms with Gasteiger partial charge in [-0.1, -0.05) is 13.8 Å². The SMILES string of the molecule is CC.CC(C)(C)OC(=O)NCc1cc(-c2cnc(C(F)(F)F)nc2)nc(C(F)(F)F)n1. The van der Waals surface area contributed by atoms with Crippen LogP contribution in [0.5, 0.6) is 0 Å². The van der Waals surface area contributed by atoms with Crippen molar-refractivity contribution >= 4 is 6.09 Å². The number of rotatable bonds is 3. The summed E-state index contributed by atoms with van der Waals surface area (Å²) < 4.78 is 81.9. The van der Waals surface area contributed by atoms with Crippen LogP contribution in [-0.4, -0.2) is 31.6 Å². The van der Waals surface area contributed by atoms with Crippen LogP contribution in [0.1, 0.15) is 52.0 Å². The lowest BCUT2D eigenvalue weighted by Crippen LogP contribution is -2.32. The van der Waals surface area contributed by atoms with Gasteiger partial charge in [-0.05, 0) is 26.8 Å². The zero-order chi connectivity index (χ0) is 24.0. The summed E-state index contributed by atoms with van der Waals surface area (Å²) in [6, 6.07) is 1.07. The lowest BCUT2D eigenvalue weighted by molar-refractivity contribution is -0.145. The van der Waals surface area contributed by atoms with Crippen LogP contribution in [0.15, 0.2) is 18.5 Å². The minimum Gasteiger partial charge on any atom is -0.444 e. The lowest BCUT2D eigenvalue weighted by Gasteiger charge is -2.19. The Balaban J connectivity index is 0.00000233. The fourth-order valence-corrected chi connectivity index (χ4v) is 1.95. The summed E-state index contributed by atoms with van der Waals surface area (Å²) in [4.78, 5) is 24.5. The van der Waals surface area contributed by atoms with Crippen LogP contribution in [0.3, 0.4) is 0 Å². The number of halogens is 6. The number of alkyl halides is 6. The average molecular weight is 453 g/mol. The molecule has 1 N–H and O–H groups in total. The van der Waals surface area contributed by atoms with E-state index in [0.717, 1.165) is 6.07 Å². The van der Waals surface area contributed by atoms with Crippen LogP contribution >= 0.6 is 0 Å². The van der Waals surface area contributed by atoms with Gasteiger partial charge in [-0.25, -0.2) is 24.7 Å². The molecule has 2 rings (SSSR count). The summed E-state index contributed by atoms with van der Waals surface area (Å²) in [5.74, 6) is -2.98. The highest BCUT2D eigenvalue weighted by molar-refractivity contribution is 5.67. The van der Waals surface area contributed by atoms with Gasteiger partial charge in [0.1, 0.15) is 5.60 Å². The predicted molar refractivity (Wildman–Crippen MR) is 97.5 cm³/mol. The monoisotopic (exact) mass is 453 g/mol. The molecule has 13 heteroatoms. The maximum absolute atomic E-state index is 13.1. The van der Waals surface area contributed by atoms with Crippen molar-refractivity contribution in [3.8, 4) is 11.3 Å². The van der Waals surface area contributed by atoms with Crippen molar-refractivity contribution < 1.29 is 35.9 Å². The molecule has 2 aromatic heterocycles. The minimum atomic E-state index is -4.93. The van der Waals surface area contributed by atoms with Gasteiger partial charge in [-0.2, -0.15) is 26.3 Å². The fourth-order valence-electron chi connectivity index (χ4n) is 1.95. The first-order chi connectivity index (χ1) is 14.1. The van der Waals surface area contributed by atoms with Crippen LogP contribution < -0.4 is 5.32 Å². The van der Waals surface area contributed by atoms with Crippen molar-refractivity contribution in [1.29, 1.82) is 0 Å². The normalized spacial score (nSPS) is 12.0. The van der Waals surface area contributed by atoms with E-state index in [1.807, 2.05) is 13.8 Å². The highest BCUT2D eigenvalue weighted by atomic mass is 19.4. The summed E-state index contributed by atoms with van der Waals surface area (Å²) in [5, 5.41) is 2.24. The van der Waals surface area contributed by atoms with Crippen molar-refractivity contribution in [2.24, 2.45) is 0 Å². The summed E-state index contributed by atoms with van der Waals surface area (Å²) in [5.41, 5.74) is -1.62. The van der Waals surface area contributed by atoms with E-state index in [1.165, 1.54) is 0 Å². The summed E-state index contributed by atoms with van der Waals surface area (Å²) in [6.45, 7) is 8.36. The molecule has 0 fully saturated rings. The number of ether oxygens (including phenoxy) is 1. The van der Waals surface area contributed by atoms with E-state index in [9.17, 15) is 31.1 Å². The van der Waals surface area contributed by atoms with Gasteiger partial charge in [0, 0.05) is 18.0 Å². The van der Waals surface area contributed by atoms with E-state index in [4.69, 9.17) is 4.74 Å². The topological polar surface area (TPSA) is 89.9 Å². The smallest absolute Gasteiger partial charge is 0.444 e. The van der Waals surface area contributed by atoms with Gasteiger partial charge in [0.25, 0.3) is 0 Å². The Morgan fingerprint density at radius 1 is 0.935 bits per heavy atom. The first kappa shape index (κ1) is 26.0. The molecule has 172 valence electrons. The van der Waals surface area contributed by atoms with Gasteiger partial charge in [0.15, 0.2) is 0 Å². The number of alkyl carbamates (subject to hydrolysis) is 1. The molecule has 0 bridgehead atoms. The van der Waals surface area contributed by atoms with E-state index in [2.05, 4.69) is 25.3 Å². The Hall–Kier alpha value is -2.99. The van der Waals surface area contributed by atoms with E-state index in [-0.39, 0.29) is 17.0 Å². The number of carbonyl (C=O) groups is 1. The zero-order valence-electron chi connectivity index (χ0n) is 17.3. The second kappa shape index (κ2) is 9.88. The Kier molecular flexibility index (Phi) is 8.30. The van der Waals surface area contributed by atoms with Crippen molar-refractivity contribution in [1.82, 2.24) is 25.3 Å². The molecule has 0 aliphatic carbocycles. The van der Waals surface area contributed by atoms with Crippen molar-refractivity contribution in [3.63, 3.8) is 0 Å². The molecule has 0 unspecified atom stereocenters. The Labute approximate surface area is 174 Å². The van der Waals surface area contributed by atoms with Crippen LogP contribution in [0.25, 0.3) is 11.3 Å². The molecule has 2 aromatic rings. The van der Waals surface area contributed by atoms with Crippen molar-refractivity contribution in [2.75, 3.05) is 0 Å². The summed E-state index contributed by atoms with van der Waals surface area (Å²) >= 11 is 0. The zero-order valence-corrected chi connectivity index (χ0v) is 17.3. The molecule has 0 aliphatic heterocycles. The number of carbonyl (C=O) groups excluding carboxylic acids is 1. The van der Waals surface area contributed by atoms with Crippen LogP contribution in [0.4, 0.5) is 31.1 Å². The lowest BCUT2D eigenvalue weighted by atomic mass is 10.2. The summed E-state index contributed by atoms with van der Waals surface area (Å²) in [7, 11) is 0. The van der Waals surface area contributed by atoms with Crippen LogP contribution in [-0.2, 0) is 23.6 Å². The number of hydrogen-bond donors (Lipinski definition) is 1. The molecule has 0 saturated carbocycles. The highest BCUT2D eigenvalue weighted by Gasteiger charge is 2.36. The molecule has 1 amide bonds. The first-order valence-corrected chi connectivity index (χ1v) is 8.97. The van der Waals surface area contributed by atoms with Gasteiger partial charge in [0.05, 0.1) is 17.9 Å². The molecule has 7 nitrogen and oxygen atoms in total. The number of nitrogens with one attached hydrogen (secondary N) is 1. The maximum Gasteiger partial charge on any atom is 0.451 e. The average Bonchev–Trinajstić information content (AvgIpc) is 2.65. The third-order valence-electron chi connectivity index (χ3n) is 3.05. The second-order valence-electron chi connectivity index (χ2n) is 6.71. The minimum absolute atomic E-state index is 0.190. The number of nitrogens with zero attached hydrogens (tertiary/aromatic N) is 4. The fraction of sp³-hybridized carbons (Fsp3) is 0.500. The molecule has 0 aliphatic rings. The van der Waals surface area contributed by atoms with E-state index < -0.39 is 42.2 Å². The number of amides is 1. The quantitative estimate of drug-likeness (QED) is 0.657. The molecule has 31 heavy (non-hydrogen) atoms. The Morgan fingerprint density at radius 2 is 1.45 bits per heavy atom. The van der Waals surface area contributed by atoms with E-state index >= 15 is 0 Å². The molecule has 0 atom stereocenters. The molecule has 0 saturated heterocycles. The van der Waals surface area contributed by atoms with Gasteiger partial charge < -0.3 is 10.1 Å². The highest BCUT2D eigenvalue weighted by Crippen LogP contribution is 2.30. The molecular weight excluding hydrogens is 432 g/mol. The molecule has 2 heterocycles. The Morgan fingerprint density at radius 3 is 1.90 bits per heavy atom. The van der Waals surface area contributed by atoms with Gasteiger partial charge in [-0.3, -0.25) is 0 Å². The van der Waals surface area contributed by atoms with E-state index in [0.29, 0.717) is 12.4 Å². The van der Waals surface area contributed by atoms with Crippen LogP contribution in [0.2, 0.25) is 0 Å². The van der Waals surface area contributed by atoms with E-state index in [1.54, 1.807) is 20.8 Å².